The van der Waals surface area contributed by atoms with E-state index in [1.54, 1.807) is 33.8 Å². The molecule has 14 heteroatoms. The second kappa shape index (κ2) is 23.9. The van der Waals surface area contributed by atoms with Crippen molar-refractivity contribution >= 4 is 5.97 Å². The van der Waals surface area contributed by atoms with Crippen LogP contribution in [0, 0.1) is 29.6 Å². The first-order valence-corrected chi connectivity index (χ1v) is 19.0. The van der Waals surface area contributed by atoms with Crippen molar-refractivity contribution in [2.24, 2.45) is 29.6 Å². The molecule has 1 aliphatic rings. The molecule has 0 radical (unpaired) electrons. The highest BCUT2D eigenvalue weighted by Crippen LogP contribution is 2.30. The minimum atomic E-state index is -1.71. The Bertz CT molecular complexity index is 1250. The molecular formula is C40H70O14. The molecule has 0 aromatic rings. The highest BCUT2D eigenvalue weighted by molar-refractivity contribution is 5.87. The van der Waals surface area contributed by atoms with Gasteiger partial charge in [-0.2, -0.15) is 0 Å². The summed E-state index contributed by atoms with van der Waals surface area (Å²) in [6.45, 7) is 16.7. The number of carbonyl (C=O) groups is 1. The molecule has 1 saturated heterocycles. The van der Waals surface area contributed by atoms with E-state index in [9.17, 15) is 50.8 Å². The van der Waals surface area contributed by atoms with Crippen molar-refractivity contribution in [1.29, 1.82) is 0 Å². The van der Waals surface area contributed by atoms with Gasteiger partial charge < -0.3 is 65.3 Å². The first-order chi connectivity index (χ1) is 25.1. The number of hydrogen-bond acceptors (Lipinski definition) is 14. The predicted octanol–water partition coefficient (Wildman–Crippen LogP) is 1.28. The van der Waals surface area contributed by atoms with Gasteiger partial charge in [0.1, 0.15) is 49.3 Å². The van der Waals surface area contributed by atoms with E-state index in [1.807, 2.05) is 19.9 Å². The summed E-state index contributed by atoms with van der Waals surface area (Å²) in [5.41, 5.74) is 2.14. The predicted molar refractivity (Wildman–Crippen MR) is 202 cm³/mol. The van der Waals surface area contributed by atoms with E-state index in [-0.39, 0.29) is 17.4 Å². The summed E-state index contributed by atoms with van der Waals surface area (Å²) >= 11 is 0. The summed E-state index contributed by atoms with van der Waals surface area (Å²) in [5.74, 6) is -1.49. The first kappa shape index (κ1) is 50.0. The van der Waals surface area contributed by atoms with Crippen LogP contribution in [0.1, 0.15) is 82.1 Å². The van der Waals surface area contributed by atoms with Crippen LogP contribution >= 0.6 is 0 Å². The lowest BCUT2D eigenvalue weighted by Crippen LogP contribution is -2.60. The first-order valence-electron chi connectivity index (χ1n) is 19.0. The van der Waals surface area contributed by atoms with E-state index in [4.69, 9.17) is 19.3 Å². The van der Waals surface area contributed by atoms with Gasteiger partial charge >= 0.3 is 5.97 Å². The van der Waals surface area contributed by atoms with Crippen LogP contribution in [0.3, 0.4) is 0 Å². The monoisotopic (exact) mass is 774 g/mol. The summed E-state index contributed by atoms with van der Waals surface area (Å²) in [7, 11) is 0. The van der Waals surface area contributed by atoms with Gasteiger partial charge in [-0.15, -0.1) is 0 Å². The van der Waals surface area contributed by atoms with E-state index in [0.29, 0.717) is 17.1 Å². The van der Waals surface area contributed by atoms with Crippen LogP contribution in [0.5, 0.6) is 0 Å². The Hall–Kier alpha value is -2.05. The molecule has 0 amide bonds. The largest absolute Gasteiger partial charge is 0.459 e. The number of aliphatic hydroxyl groups excluding tert-OH is 10. The SMILES string of the molecule is CC[C@@H](C)C[C@H](C)/C=C(\C)[C@@H](O[C@@H]1O[C@H](CO)[C@@H](O)[C@H](O)[C@@H]1O)[C@H](C)/C=C(\C)[C@@H](O)[C@@H](C)/C=C(\C)[C@@H](O)[C@H](C)/C=C(\C)C(=O)OC[C@@H](O)[C@H](O)[C@H](O)CO. The van der Waals surface area contributed by atoms with E-state index in [1.165, 1.54) is 13.0 Å². The van der Waals surface area contributed by atoms with Gasteiger partial charge in [-0.1, -0.05) is 72.3 Å². The third-order valence-corrected chi connectivity index (χ3v) is 10.3. The minimum Gasteiger partial charge on any atom is -0.459 e. The van der Waals surface area contributed by atoms with Crippen molar-refractivity contribution in [3.63, 3.8) is 0 Å². The molecule has 0 unspecified atom stereocenters. The van der Waals surface area contributed by atoms with Crippen molar-refractivity contribution in [1.82, 2.24) is 0 Å². The number of allylic oxidation sites excluding steroid dienone is 1. The average Bonchev–Trinajstić information content (AvgIpc) is 3.13. The summed E-state index contributed by atoms with van der Waals surface area (Å²) in [6.07, 6.45) is -5.61. The molecule has 54 heavy (non-hydrogen) atoms. The third kappa shape index (κ3) is 15.1. The Balaban J connectivity index is 3.18. The van der Waals surface area contributed by atoms with Crippen LogP contribution in [0.15, 0.2) is 46.6 Å². The van der Waals surface area contributed by atoms with E-state index >= 15 is 0 Å². The van der Waals surface area contributed by atoms with E-state index in [0.717, 1.165) is 18.4 Å². The molecule has 10 N–H and O–H groups in total. The molecule has 16 atom stereocenters. The smallest absolute Gasteiger partial charge is 0.333 e. The molecule has 0 bridgehead atoms. The van der Waals surface area contributed by atoms with Crippen molar-refractivity contribution in [2.45, 2.75) is 149 Å². The topological polar surface area (TPSA) is 247 Å². The quantitative estimate of drug-likeness (QED) is 0.0423. The third-order valence-electron chi connectivity index (χ3n) is 10.3. The summed E-state index contributed by atoms with van der Waals surface area (Å²) in [6, 6.07) is 0. The van der Waals surface area contributed by atoms with Gasteiger partial charge in [0.05, 0.1) is 31.5 Å². The second-order valence-corrected chi connectivity index (χ2v) is 15.4. The van der Waals surface area contributed by atoms with Crippen molar-refractivity contribution in [3.8, 4) is 0 Å². The molecule has 0 saturated carbocycles. The number of aliphatic hydroxyl groups is 10. The van der Waals surface area contributed by atoms with Gasteiger partial charge in [-0.3, -0.25) is 0 Å². The van der Waals surface area contributed by atoms with E-state index in [2.05, 4.69) is 26.8 Å². The zero-order chi connectivity index (χ0) is 41.6. The molecule has 14 nitrogen and oxygen atoms in total. The van der Waals surface area contributed by atoms with Crippen LogP contribution in [0.25, 0.3) is 0 Å². The van der Waals surface area contributed by atoms with Crippen molar-refractivity contribution in [2.75, 3.05) is 19.8 Å². The van der Waals surface area contributed by atoms with Gasteiger partial charge in [0.2, 0.25) is 0 Å². The maximum Gasteiger partial charge on any atom is 0.333 e. The van der Waals surface area contributed by atoms with Gasteiger partial charge in [0.15, 0.2) is 6.29 Å². The molecule has 0 aromatic carbocycles. The normalized spacial score (nSPS) is 28.3. The van der Waals surface area contributed by atoms with Crippen molar-refractivity contribution < 1.29 is 70.1 Å². The maximum absolute atomic E-state index is 12.5. The van der Waals surface area contributed by atoms with Gasteiger partial charge in [0, 0.05) is 23.3 Å². The molecule has 1 rings (SSSR count). The van der Waals surface area contributed by atoms with Gasteiger partial charge in [-0.05, 0) is 62.7 Å². The minimum absolute atomic E-state index is 0.138. The van der Waals surface area contributed by atoms with Crippen LogP contribution in [-0.4, -0.2) is 144 Å². The lowest BCUT2D eigenvalue weighted by Gasteiger charge is -2.41. The number of hydrogen-bond donors (Lipinski definition) is 10. The van der Waals surface area contributed by atoms with Crippen molar-refractivity contribution in [3.05, 3.63) is 46.6 Å². The Kier molecular flexibility index (Phi) is 22.1. The molecular weight excluding hydrogens is 704 g/mol. The van der Waals surface area contributed by atoms with E-state index < -0.39 is 105 Å². The molecule has 0 aliphatic carbocycles. The Morgan fingerprint density at radius 3 is 1.78 bits per heavy atom. The summed E-state index contributed by atoms with van der Waals surface area (Å²) in [4.78, 5) is 12.5. The second-order valence-electron chi connectivity index (χ2n) is 15.4. The summed E-state index contributed by atoms with van der Waals surface area (Å²) < 4.78 is 17.0. The lowest BCUT2D eigenvalue weighted by molar-refractivity contribution is -0.310. The Morgan fingerprint density at radius 2 is 1.26 bits per heavy atom. The molecule has 1 fully saturated rings. The maximum atomic E-state index is 12.5. The standard InChI is InChI=1S/C40H70O14/c1-11-20(2)12-21(3)13-26(8)38(54-40-37(50)36(49)35(48)31(18-42)53-40)27(9)15-24(6)32(45)22(4)14-23(5)33(46)25(7)16-28(10)39(51)52-19-30(44)34(47)29(43)17-41/h13-16,20-22,25,27,29-38,40-50H,11-12,17-19H2,1-10H3/b23-14+,24-15+,26-13+,28-16+/t20-,21+,22+,25-,27-,29-,30-,31-,32+,33-,34-,35-,36+,37+,38-,40+/m1/s1. The fourth-order valence-electron chi connectivity index (χ4n) is 6.71. The number of rotatable bonds is 22. The average molecular weight is 775 g/mol. The molecule has 1 aliphatic heterocycles. The number of ether oxygens (including phenoxy) is 3. The molecule has 0 aromatic heterocycles. The highest BCUT2D eigenvalue weighted by Gasteiger charge is 2.45. The lowest BCUT2D eigenvalue weighted by atomic mass is 9.87. The molecule has 314 valence electrons. The van der Waals surface area contributed by atoms with Crippen LogP contribution in [0.2, 0.25) is 0 Å². The molecule has 1 heterocycles. The van der Waals surface area contributed by atoms with Gasteiger partial charge in [0.25, 0.3) is 0 Å². The summed E-state index contributed by atoms with van der Waals surface area (Å²) in [5, 5.41) is 102. The Morgan fingerprint density at radius 1 is 0.722 bits per heavy atom. The zero-order valence-electron chi connectivity index (χ0n) is 33.7. The number of esters is 1. The number of carbonyl (C=O) groups excluding carboxylic acids is 1. The fourth-order valence-corrected chi connectivity index (χ4v) is 6.71. The van der Waals surface area contributed by atoms with Gasteiger partial charge in [-0.25, -0.2) is 4.79 Å². The fraction of sp³-hybridized carbons (Fsp3) is 0.775. The van der Waals surface area contributed by atoms with Crippen LogP contribution < -0.4 is 0 Å². The zero-order valence-corrected chi connectivity index (χ0v) is 33.7. The highest BCUT2D eigenvalue weighted by atomic mass is 16.7. The Labute approximate surface area is 321 Å². The van der Waals surface area contributed by atoms with Crippen LogP contribution in [-0.2, 0) is 19.0 Å². The molecule has 0 spiro atoms. The van der Waals surface area contributed by atoms with Crippen LogP contribution in [0.4, 0.5) is 0 Å².